The Balaban J connectivity index is 1.53. The lowest BCUT2D eigenvalue weighted by Crippen LogP contribution is -2.14. The number of anilines is 2. The summed E-state index contributed by atoms with van der Waals surface area (Å²) in [7, 11) is 0. The van der Waals surface area contributed by atoms with E-state index in [4.69, 9.17) is 4.74 Å². The van der Waals surface area contributed by atoms with Crippen molar-refractivity contribution in [3.05, 3.63) is 47.7 Å². The fraction of sp³-hybridized carbons (Fsp3) is 0.316. The number of imidazole rings is 1. The third-order valence-corrected chi connectivity index (χ3v) is 4.55. The quantitative estimate of drug-likeness (QED) is 0.403. The van der Waals surface area contributed by atoms with Crippen molar-refractivity contribution in [3.8, 4) is 0 Å². The molecule has 0 radical (unpaired) electrons. The zero-order valence-electron chi connectivity index (χ0n) is 15.8. The first-order valence-electron chi connectivity index (χ1n) is 9.29. The number of esters is 1. The van der Waals surface area contributed by atoms with Crippen LogP contribution < -0.4 is 10.6 Å². The van der Waals surface area contributed by atoms with Crippen LogP contribution in [-0.4, -0.2) is 37.2 Å². The molecule has 0 saturated heterocycles. The number of pyridine rings is 1. The van der Waals surface area contributed by atoms with Crippen molar-refractivity contribution in [3.63, 3.8) is 0 Å². The van der Waals surface area contributed by atoms with Gasteiger partial charge in [0.25, 0.3) is 5.24 Å². The van der Waals surface area contributed by atoms with Crippen LogP contribution in [0.15, 0.2) is 30.6 Å². The molecule has 1 saturated carbocycles. The monoisotopic (exact) mass is 412 g/mol. The van der Waals surface area contributed by atoms with Gasteiger partial charge in [0.2, 0.25) is 5.82 Å². The number of amides is 1. The third-order valence-electron chi connectivity index (χ3n) is 4.44. The molecule has 0 atom stereocenters. The minimum absolute atomic E-state index is 0.148. The predicted molar refractivity (Wildman–Crippen MR) is 110 cm³/mol. The first-order valence-corrected chi connectivity index (χ1v) is 9.74. The van der Waals surface area contributed by atoms with E-state index in [2.05, 4.69) is 50.5 Å². The van der Waals surface area contributed by atoms with E-state index in [1.165, 1.54) is 24.5 Å². The van der Waals surface area contributed by atoms with Crippen molar-refractivity contribution in [1.29, 1.82) is 0 Å². The molecule has 1 amide bonds. The number of nitrogens with zero attached hydrogens (tertiary/aromatic N) is 4. The number of hydrogen-bond donors (Lipinski definition) is 3. The van der Waals surface area contributed by atoms with E-state index in [1.807, 2.05) is 16.7 Å². The fourth-order valence-corrected chi connectivity index (χ4v) is 3.10. The number of rotatable bonds is 7. The molecule has 4 rings (SSSR count). The smallest absolute Gasteiger partial charge is 0.376 e. The predicted octanol–water partition coefficient (Wildman–Crippen LogP) is 3.25. The zero-order valence-corrected chi connectivity index (χ0v) is 16.6. The number of aromatic nitrogens is 4. The average Bonchev–Trinajstić information content (AvgIpc) is 3.45. The summed E-state index contributed by atoms with van der Waals surface area (Å²) in [6.07, 6.45) is 6.57. The molecule has 0 aromatic carbocycles. The molecule has 0 unspecified atom stereocenters. The molecule has 1 aliphatic rings. The number of thiol groups is 1. The lowest BCUT2D eigenvalue weighted by molar-refractivity contribution is 0.0512. The molecule has 1 aliphatic carbocycles. The summed E-state index contributed by atoms with van der Waals surface area (Å²) in [5.74, 6) is 0.348. The van der Waals surface area contributed by atoms with Crippen LogP contribution in [0.3, 0.4) is 0 Å². The number of nitrogens with one attached hydrogen (secondary N) is 2. The van der Waals surface area contributed by atoms with E-state index in [0.717, 1.165) is 11.3 Å². The van der Waals surface area contributed by atoms with Crippen molar-refractivity contribution in [2.45, 2.75) is 32.2 Å². The summed E-state index contributed by atoms with van der Waals surface area (Å²) in [6, 6.07) is 5.65. The Hall–Kier alpha value is -3.14. The molecule has 3 aromatic heterocycles. The SMILES string of the molecule is CCOC(=O)c1nc(NCc2cn3cc(C4CC4)ccc3n2)cc(NC(=O)S)n1. The minimum atomic E-state index is -0.675. The molecule has 150 valence electrons. The topological polar surface area (TPSA) is 111 Å². The summed E-state index contributed by atoms with van der Waals surface area (Å²) in [4.78, 5) is 36.0. The van der Waals surface area contributed by atoms with Gasteiger partial charge in [-0.2, -0.15) is 0 Å². The van der Waals surface area contributed by atoms with Crippen LogP contribution in [0.1, 0.15) is 47.6 Å². The Kier molecular flexibility index (Phi) is 5.34. The van der Waals surface area contributed by atoms with Gasteiger partial charge < -0.3 is 19.8 Å². The number of fused-ring (bicyclic) bond motifs is 1. The van der Waals surface area contributed by atoms with E-state index in [9.17, 15) is 9.59 Å². The molecule has 1 fully saturated rings. The Morgan fingerprint density at radius 3 is 2.72 bits per heavy atom. The Morgan fingerprint density at radius 1 is 1.21 bits per heavy atom. The van der Waals surface area contributed by atoms with Gasteiger partial charge in [0, 0.05) is 18.5 Å². The summed E-state index contributed by atoms with van der Waals surface area (Å²) >= 11 is 3.68. The molecule has 0 spiro atoms. The summed E-state index contributed by atoms with van der Waals surface area (Å²) in [5.41, 5.74) is 3.01. The van der Waals surface area contributed by atoms with Gasteiger partial charge >= 0.3 is 5.97 Å². The van der Waals surface area contributed by atoms with Crippen LogP contribution in [0.5, 0.6) is 0 Å². The second kappa shape index (κ2) is 8.08. The summed E-state index contributed by atoms with van der Waals surface area (Å²) in [5, 5.41) is 4.94. The third kappa shape index (κ3) is 4.65. The van der Waals surface area contributed by atoms with Crippen LogP contribution in [0.25, 0.3) is 5.65 Å². The van der Waals surface area contributed by atoms with E-state index < -0.39 is 11.2 Å². The van der Waals surface area contributed by atoms with Crippen LogP contribution in [0, 0.1) is 0 Å². The van der Waals surface area contributed by atoms with E-state index in [0.29, 0.717) is 18.3 Å². The summed E-state index contributed by atoms with van der Waals surface area (Å²) < 4.78 is 6.96. The van der Waals surface area contributed by atoms with Crippen LogP contribution in [0.2, 0.25) is 0 Å². The molecule has 3 aromatic rings. The number of carbonyl (C=O) groups excluding carboxylic acids is 2. The Labute approximate surface area is 172 Å². The van der Waals surface area contributed by atoms with Gasteiger partial charge in [-0.15, -0.1) is 0 Å². The number of carbonyl (C=O) groups is 2. The largest absolute Gasteiger partial charge is 0.460 e. The highest BCUT2D eigenvalue weighted by Crippen LogP contribution is 2.39. The zero-order chi connectivity index (χ0) is 20.4. The molecule has 0 bridgehead atoms. The Bertz CT molecular complexity index is 1080. The molecule has 10 heteroatoms. The van der Waals surface area contributed by atoms with Crippen molar-refractivity contribution in [2.24, 2.45) is 0 Å². The van der Waals surface area contributed by atoms with Gasteiger partial charge in [-0.25, -0.2) is 19.7 Å². The average molecular weight is 412 g/mol. The molecule has 29 heavy (non-hydrogen) atoms. The molecule has 3 heterocycles. The van der Waals surface area contributed by atoms with Crippen LogP contribution >= 0.6 is 12.6 Å². The highest BCUT2D eigenvalue weighted by molar-refractivity contribution is 7.96. The highest BCUT2D eigenvalue weighted by atomic mass is 32.1. The fourth-order valence-electron chi connectivity index (χ4n) is 2.98. The van der Waals surface area contributed by atoms with Crippen LogP contribution in [-0.2, 0) is 11.3 Å². The lowest BCUT2D eigenvalue weighted by atomic mass is 10.2. The molecule has 2 N–H and O–H groups in total. The van der Waals surface area contributed by atoms with E-state index >= 15 is 0 Å². The van der Waals surface area contributed by atoms with Crippen molar-refractivity contribution in [1.82, 2.24) is 19.4 Å². The molecular formula is C19H20N6O3S. The maximum Gasteiger partial charge on any atom is 0.376 e. The number of ether oxygens (including phenoxy) is 1. The van der Waals surface area contributed by atoms with Gasteiger partial charge in [0.15, 0.2) is 0 Å². The van der Waals surface area contributed by atoms with Gasteiger partial charge in [0.05, 0.1) is 18.8 Å². The second-order valence-corrected chi connectivity index (χ2v) is 7.11. The number of hydrogen-bond acceptors (Lipinski definition) is 7. The highest BCUT2D eigenvalue weighted by Gasteiger charge is 2.23. The van der Waals surface area contributed by atoms with Crippen LogP contribution in [0.4, 0.5) is 16.4 Å². The van der Waals surface area contributed by atoms with Gasteiger partial charge in [-0.3, -0.25) is 4.79 Å². The normalized spacial score (nSPS) is 13.3. The maximum absolute atomic E-state index is 12.0. The second-order valence-electron chi connectivity index (χ2n) is 6.70. The van der Waals surface area contributed by atoms with E-state index in [-0.39, 0.29) is 18.2 Å². The van der Waals surface area contributed by atoms with Gasteiger partial charge in [0.1, 0.15) is 17.3 Å². The first-order chi connectivity index (χ1) is 14.0. The molecule has 9 nitrogen and oxygen atoms in total. The van der Waals surface area contributed by atoms with Crippen molar-refractivity contribution >= 4 is 41.1 Å². The summed E-state index contributed by atoms with van der Waals surface area (Å²) in [6.45, 7) is 2.26. The maximum atomic E-state index is 12.0. The van der Waals surface area contributed by atoms with E-state index in [1.54, 1.807) is 6.92 Å². The standard InChI is InChI=1S/C19H20N6O3S/c1-2-28-18(26)17-22-14(7-15(23-17)24-19(27)29)20-8-13-10-25-9-12(11-3-4-11)5-6-16(25)21-13/h5-7,9-11H,2-4,8H2,1H3,(H3,20,22,23,24,27,29). The van der Waals surface area contributed by atoms with Gasteiger partial charge in [-0.1, -0.05) is 18.7 Å². The Morgan fingerprint density at radius 2 is 2.00 bits per heavy atom. The minimum Gasteiger partial charge on any atom is -0.460 e. The van der Waals surface area contributed by atoms with Crippen molar-refractivity contribution in [2.75, 3.05) is 17.2 Å². The lowest BCUT2D eigenvalue weighted by Gasteiger charge is -2.09. The van der Waals surface area contributed by atoms with Gasteiger partial charge in [-0.05, 0) is 37.3 Å². The first kappa shape index (κ1) is 19.2. The van der Waals surface area contributed by atoms with Crippen molar-refractivity contribution < 1.29 is 14.3 Å². The molecular weight excluding hydrogens is 392 g/mol. The molecule has 0 aliphatic heterocycles.